The Bertz CT molecular complexity index is 224. The fourth-order valence-electron chi connectivity index (χ4n) is 1.35. The molecule has 0 aliphatic heterocycles. The van der Waals surface area contributed by atoms with E-state index in [0.29, 0.717) is 0 Å². The summed E-state index contributed by atoms with van der Waals surface area (Å²) in [6.45, 7) is 3.72. The number of carboxylic acid groups (broad SMARTS) is 1. The molecule has 1 saturated carbocycles. The van der Waals surface area contributed by atoms with Crippen LogP contribution in [-0.2, 0) is 4.79 Å². The quantitative estimate of drug-likeness (QED) is 0.592. The molecule has 0 saturated heterocycles. The number of carboxylic acids is 1. The maximum Gasteiger partial charge on any atom is 0.335 e. The molecule has 0 aromatic rings. The maximum absolute atomic E-state index is 10.4. The molecule has 1 rings (SSSR count). The molecule has 0 atom stereocenters. The van der Waals surface area contributed by atoms with Crippen LogP contribution in [0.25, 0.3) is 0 Å². The first kappa shape index (κ1) is 9.19. The molecule has 0 amide bonds. The summed E-state index contributed by atoms with van der Waals surface area (Å²) in [4.78, 5) is 14.6. The summed E-state index contributed by atoms with van der Waals surface area (Å²) in [5.41, 5.74) is -0.587. The van der Waals surface area contributed by atoms with Crippen molar-refractivity contribution < 1.29 is 15.0 Å². The van der Waals surface area contributed by atoms with E-state index in [2.05, 4.69) is 4.99 Å². The Morgan fingerprint density at radius 2 is 2.00 bits per heavy atom. The fourth-order valence-corrected chi connectivity index (χ4v) is 1.35. The predicted molar refractivity (Wildman–Crippen MR) is 44.4 cm³/mol. The first-order valence-electron chi connectivity index (χ1n) is 3.91. The van der Waals surface area contributed by atoms with Crippen LogP contribution in [0, 0.1) is 0 Å². The van der Waals surface area contributed by atoms with Gasteiger partial charge in [0.15, 0.2) is 5.60 Å². The third kappa shape index (κ3) is 1.64. The third-order valence-corrected chi connectivity index (χ3v) is 1.99. The monoisotopic (exact) mass is 171 g/mol. The van der Waals surface area contributed by atoms with E-state index in [1.54, 1.807) is 0 Å². The number of aliphatic carboxylic acids is 1. The second kappa shape index (κ2) is 2.86. The molecule has 0 aromatic carbocycles. The Hall–Kier alpha value is -0.900. The third-order valence-electron chi connectivity index (χ3n) is 1.99. The highest BCUT2D eigenvalue weighted by molar-refractivity contribution is 5.81. The number of aliphatic imine (C=N–C) groups is 1. The lowest BCUT2D eigenvalue weighted by Gasteiger charge is -2.37. The Morgan fingerprint density at radius 1 is 1.50 bits per heavy atom. The van der Waals surface area contributed by atoms with Crippen molar-refractivity contribution in [1.29, 1.82) is 0 Å². The number of hydrogen-bond acceptors (Lipinski definition) is 3. The van der Waals surface area contributed by atoms with Crippen molar-refractivity contribution in [3.63, 3.8) is 0 Å². The van der Waals surface area contributed by atoms with E-state index in [0.717, 1.165) is 5.71 Å². The highest BCUT2D eigenvalue weighted by Crippen LogP contribution is 2.34. The van der Waals surface area contributed by atoms with Gasteiger partial charge in [-0.05, 0) is 13.8 Å². The van der Waals surface area contributed by atoms with Gasteiger partial charge < -0.3 is 10.2 Å². The van der Waals surface area contributed by atoms with Gasteiger partial charge in [0.25, 0.3) is 0 Å². The Morgan fingerprint density at radius 3 is 2.33 bits per heavy atom. The van der Waals surface area contributed by atoms with Crippen molar-refractivity contribution in [2.24, 2.45) is 4.99 Å². The van der Waals surface area contributed by atoms with Gasteiger partial charge in [-0.3, -0.25) is 4.99 Å². The van der Waals surface area contributed by atoms with Crippen LogP contribution in [0.3, 0.4) is 0 Å². The van der Waals surface area contributed by atoms with E-state index < -0.39 is 11.6 Å². The van der Waals surface area contributed by atoms with Gasteiger partial charge >= 0.3 is 5.97 Å². The standard InChI is InChI=1S/C8H13NO3/c1-5(2)9-6-3-8(12,4-6)7(10)11/h6,12H,3-4H2,1-2H3,(H,10,11). The average Bonchev–Trinajstić information content (AvgIpc) is 1.82. The highest BCUT2D eigenvalue weighted by atomic mass is 16.4. The van der Waals surface area contributed by atoms with E-state index in [9.17, 15) is 9.90 Å². The molecule has 0 radical (unpaired) electrons. The second-order valence-corrected chi connectivity index (χ2v) is 3.48. The molecular weight excluding hydrogens is 158 g/mol. The van der Waals surface area contributed by atoms with Gasteiger partial charge in [-0.25, -0.2) is 4.79 Å². The zero-order valence-corrected chi connectivity index (χ0v) is 7.24. The lowest BCUT2D eigenvalue weighted by atomic mass is 9.76. The molecule has 1 fully saturated rings. The Balaban J connectivity index is 2.47. The predicted octanol–water partition coefficient (Wildman–Crippen LogP) is 0.445. The van der Waals surface area contributed by atoms with Gasteiger partial charge in [-0.2, -0.15) is 0 Å². The molecule has 0 unspecified atom stereocenters. The molecule has 0 bridgehead atoms. The van der Waals surface area contributed by atoms with Crippen molar-refractivity contribution in [3.8, 4) is 0 Å². The summed E-state index contributed by atoms with van der Waals surface area (Å²) >= 11 is 0. The normalized spacial score (nSPS) is 33.8. The molecule has 0 spiro atoms. The molecule has 0 aromatic heterocycles. The van der Waals surface area contributed by atoms with E-state index in [1.165, 1.54) is 0 Å². The lowest BCUT2D eigenvalue weighted by molar-refractivity contribution is -0.169. The van der Waals surface area contributed by atoms with Crippen LogP contribution >= 0.6 is 0 Å². The first-order valence-corrected chi connectivity index (χ1v) is 3.91. The number of nitrogens with zero attached hydrogens (tertiary/aromatic N) is 1. The number of hydrogen-bond donors (Lipinski definition) is 2. The summed E-state index contributed by atoms with van der Waals surface area (Å²) < 4.78 is 0. The summed E-state index contributed by atoms with van der Waals surface area (Å²) in [5, 5.41) is 17.8. The minimum absolute atomic E-state index is 0.00361. The van der Waals surface area contributed by atoms with Crippen molar-refractivity contribution in [1.82, 2.24) is 0 Å². The van der Waals surface area contributed by atoms with Crippen molar-refractivity contribution >= 4 is 11.7 Å². The van der Waals surface area contributed by atoms with Crippen LogP contribution in [0.5, 0.6) is 0 Å². The number of rotatable bonds is 2. The van der Waals surface area contributed by atoms with E-state index in [-0.39, 0.29) is 18.9 Å². The molecule has 4 nitrogen and oxygen atoms in total. The largest absolute Gasteiger partial charge is 0.479 e. The average molecular weight is 171 g/mol. The zero-order valence-electron chi connectivity index (χ0n) is 7.24. The minimum Gasteiger partial charge on any atom is -0.479 e. The number of aliphatic hydroxyl groups is 1. The van der Waals surface area contributed by atoms with Gasteiger partial charge in [0.2, 0.25) is 0 Å². The summed E-state index contributed by atoms with van der Waals surface area (Å²) in [7, 11) is 0. The van der Waals surface area contributed by atoms with Gasteiger partial charge in [0, 0.05) is 18.6 Å². The lowest BCUT2D eigenvalue weighted by Crippen LogP contribution is -2.52. The van der Waals surface area contributed by atoms with Crippen LogP contribution in [-0.4, -0.2) is 33.5 Å². The zero-order chi connectivity index (χ0) is 9.35. The van der Waals surface area contributed by atoms with E-state index >= 15 is 0 Å². The van der Waals surface area contributed by atoms with Crippen LogP contribution in [0.15, 0.2) is 4.99 Å². The summed E-state index contributed by atoms with van der Waals surface area (Å²) in [6, 6.07) is -0.00361. The smallest absolute Gasteiger partial charge is 0.335 e. The van der Waals surface area contributed by atoms with Crippen LogP contribution in [0.4, 0.5) is 0 Å². The minimum atomic E-state index is -1.51. The van der Waals surface area contributed by atoms with Crippen molar-refractivity contribution in [2.45, 2.75) is 38.3 Å². The SMILES string of the molecule is CC(C)=NC1CC(O)(C(=O)O)C1. The van der Waals surface area contributed by atoms with E-state index in [1.807, 2.05) is 13.8 Å². The fraction of sp³-hybridized carbons (Fsp3) is 0.750. The Kier molecular flexibility index (Phi) is 2.19. The maximum atomic E-state index is 10.4. The Labute approximate surface area is 70.9 Å². The molecule has 0 heterocycles. The molecule has 2 N–H and O–H groups in total. The first-order chi connectivity index (χ1) is 5.44. The molecule has 1 aliphatic carbocycles. The summed E-state index contributed by atoms with van der Waals surface area (Å²) in [6.07, 6.45) is 0.487. The molecular formula is C8H13NO3. The second-order valence-electron chi connectivity index (χ2n) is 3.48. The molecule has 12 heavy (non-hydrogen) atoms. The van der Waals surface area contributed by atoms with Crippen LogP contribution in [0.1, 0.15) is 26.7 Å². The van der Waals surface area contributed by atoms with Crippen molar-refractivity contribution in [2.75, 3.05) is 0 Å². The molecule has 4 heteroatoms. The van der Waals surface area contributed by atoms with Gasteiger partial charge in [-0.15, -0.1) is 0 Å². The van der Waals surface area contributed by atoms with Gasteiger partial charge in [0.05, 0.1) is 6.04 Å². The van der Waals surface area contributed by atoms with Crippen molar-refractivity contribution in [3.05, 3.63) is 0 Å². The van der Waals surface area contributed by atoms with Gasteiger partial charge in [0.1, 0.15) is 0 Å². The highest BCUT2D eigenvalue weighted by Gasteiger charge is 2.49. The summed E-state index contributed by atoms with van der Waals surface area (Å²) in [5.74, 6) is -1.14. The van der Waals surface area contributed by atoms with Crippen LogP contribution < -0.4 is 0 Å². The number of carbonyl (C=O) groups is 1. The van der Waals surface area contributed by atoms with Gasteiger partial charge in [-0.1, -0.05) is 0 Å². The topological polar surface area (TPSA) is 69.9 Å². The van der Waals surface area contributed by atoms with Crippen LogP contribution in [0.2, 0.25) is 0 Å². The molecule has 68 valence electrons. The molecule has 1 aliphatic rings. The van der Waals surface area contributed by atoms with E-state index in [4.69, 9.17) is 5.11 Å².